The van der Waals surface area contributed by atoms with Gasteiger partial charge in [-0.15, -0.1) is 0 Å². The maximum atomic E-state index is 5.23. The van der Waals surface area contributed by atoms with Crippen LogP contribution in [-0.4, -0.2) is 31.2 Å². The largest absolute Gasteiger partial charge is 0.497 e. The SMILES string of the molecule is COc1ccc2nc(NC3CCCNC3)sc2c1. The Kier molecular flexibility index (Phi) is 3.34. The minimum Gasteiger partial charge on any atom is -0.497 e. The number of hydrogen-bond acceptors (Lipinski definition) is 5. The number of methoxy groups -OCH3 is 1. The number of anilines is 1. The Hall–Kier alpha value is -1.33. The molecular formula is C13H17N3OS. The van der Waals surface area contributed by atoms with Crippen molar-refractivity contribution in [1.29, 1.82) is 0 Å². The first-order valence-corrected chi connectivity index (χ1v) is 7.08. The van der Waals surface area contributed by atoms with Crippen LogP contribution in [0.4, 0.5) is 5.13 Å². The Balaban J connectivity index is 1.79. The lowest BCUT2D eigenvalue weighted by Crippen LogP contribution is -2.38. The van der Waals surface area contributed by atoms with Crippen molar-refractivity contribution in [2.24, 2.45) is 0 Å². The summed E-state index contributed by atoms with van der Waals surface area (Å²) in [7, 11) is 1.69. The molecule has 1 fully saturated rings. The minimum absolute atomic E-state index is 0.501. The highest BCUT2D eigenvalue weighted by Gasteiger charge is 2.14. The van der Waals surface area contributed by atoms with Gasteiger partial charge in [-0.3, -0.25) is 0 Å². The predicted molar refractivity (Wildman–Crippen MR) is 75.7 cm³/mol. The Morgan fingerprint density at radius 3 is 3.22 bits per heavy atom. The van der Waals surface area contributed by atoms with Gasteiger partial charge in [-0.05, 0) is 37.6 Å². The summed E-state index contributed by atoms with van der Waals surface area (Å²) in [5.41, 5.74) is 1.03. The molecule has 2 aromatic rings. The fourth-order valence-electron chi connectivity index (χ4n) is 2.24. The summed E-state index contributed by atoms with van der Waals surface area (Å²) in [6.45, 7) is 2.16. The molecule has 0 amide bonds. The molecule has 1 saturated heterocycles. The third kappa shape index (κ3) is 2.42. The van der Waals surface area contributed by atoms with Crippen LogP contribution in [0.15, 0.2) is 18.2 Å². The van der Waals surface area contributed by atoms with Gasteiger partial charge < -0.3 is 15.4 Å². The van der Waals surface area contributed by atoms with Crippen molar-refractivity contribution in [3.8, 4) is 5.75 Å². The molecule has 1 aromatic heterocycles. The van der Waals surface area contributed by atoms with Gasteiger partial charge in [0.25, 0.3) is 0 Å². The van der Waals surface area contributed by atoms with Crippen LogP contribution >= 0.6 is 11.3 Å². The lowest BCUT2D eigenvalue weighted by atomic mass is 10.1. The zero-order valence-electron chi connectivity index (χ0n) is 10.4. The molecule has 2 heterocycles. The van der Waals surface area contributed by atoms with Gasteiger partial charge in [0.15, 0.2) is 5.13 Å². The van der Waals surface area contributed by atoms with Crippen molar-refractivity contribution in [2.75, 3.05) is 25.5 Å². The number of hydrogen-bond donors (Lipinski definition) is 2. The minimum atomic E-state index is 0.501. The maximum Gasteiger partial charge on any atom is 0.184 e. The van der Waals surface area contributed by atoms with E-state index in [0.29, 0.717) is 6.04 Å². The Bertz CT molecular complexity index is 534. The standard InChI is InChI=1S/C13H17N3OS/c1-17-10-4-5-11-12(7-10)18-13(16-11)15-9-3-2-6-14-8-9/h4-5,7,9,14H,2-3,6,8H2,1H3,(H,15,16). The van der Waals surface area contributed by atoms with Crippen molar-refractivity contribution < 1.29 is 4.74 Å². The molecule has 1 atom stereocenters. The topological polar surface area (TPSA) is 46.2 Å². The van der Waals surface area contributed by atoms with E-state index < -0.39 is 0 Å². The zero-order valence-corrected chi connectivity index (χ0v) is 11.2. The molecule has 5 heteroatoms. The van der Waals surface area contributed by atoms with E-state index in [4.69, 9.17) is 4.74 Å². The van der Waals surface area contributed by atoms with Crippen LogP contribution in [0.2, 0.25) is 0 Å². The smallest absolute Gasteiger partial charge is 0.184 e. The summed E-state index contributed by atoms with van der Waals surface area (Å²) in [4.78, 5) is 4.61. The summed E-state index contributed by atoms with van der Waals surface area (Å²) in [5.74, 6) is 0.886. The maximum absolute atomic E-state index is 5.23. The third-order valence-corrected chi connectivity index (χ3v) is 4.17. The van der Waals surface area contributed by atoms with Gasteiger partial charge >= 0.3 is 0 Å². The number of ether oxygens (including phenoxy) is 1. The van der Waals surface area contributed by atoms with Crippen molar-refractivity contribution in [1.82, 2.24) is 10.3 Å². The third-order valence-electron chi connectivity index (χ3n) is 3.22. The van der Waals surface area contributed by atoms with E-state index >= 15 is 0 Å². The molecule has 0 saturated carbocycles. The number of rotatable bonds is 3. The molecule has 3 rings (SSSR count). The molecule has 0 aliphatic carbocycles. The second kappa shape index (κ2) is 5.12. The van der Waals surface area contributed by atoms with Crippen LogP contribution in [0, 0.1) is 0 Å². The molecule has 18 heavy (non-hydrogen) atoms. The molecule has 1 aromatic carbocycles. The number of fused-ring (bicyclic) bond motifs is 1. The molecule has 1 aliphatic rings. The van der Waals surface area contributed by atoms with Crippen molar-refractivity contribution in [3.63, 3.8) is 0 Å². The molecule has 0 bridgehead atoms. The monoisotopic (exact) mass is 263 g/mol. The van der Waals surface area contributed by atoms with Gasteiger partial charge in [0.05, 0.1) is 17.3 Å². The average Bonchev–Trinajstić information content (AvgIpc) is 2.80. The quantitative estimate of drug-likeness (QED) is 0.893. The summed E-state index contributed by atoms with van der Waals surface area (Å²) in [5, 5.41) is 7.92. The number of nitrogens with one attached hydrogen (secondary N) is 2. The lowest BCUT2D eigenvalue weighted by Gasteiger charge is -2.23. The highest BCUT2D eigenvalue weighted by molar-refractivity contribution is 7.22. The number of benzene rings is 1. The van der Waals surface area contributed by atoms with E-state index in [1.54, 1.807) is 18.4 Å². The van der Waals surface area contributed by atoms with Crippen LogP contribution in [0.5, 0.6) is 5.75 Å². The average molecular weight is 263 g/mol. The number of nitrogens with zero attached hydrogens (tertiary/aromatic N) is 1. The van der Waals surface area contributed by atoms with Gasteiger partial charge in [0, 0.05) is 12.6 Å². The highest BCUT2D eigenvalue weighted by atomic mass is 32.1. The molecule has 1 unspecified atom stereocenters. The van der Waals surface area contributed by atoms with Crippen LogP contribution in [0.25, 0.3) is 10.2 Å². The van der Waals surface area contributed by atoms with Gasteiger partial charge in [-0.2, -0.15) is 0 Å². The Morgan fingerprint density at radius 2 is 2.44 bits per heavy atom. The molecule has 0 spiro atoms. The number of piperidine rings is 1. The number of thiazole rings is 1. The molecule has 1 aliphatic heterocycles. The fourth-order valence-corrected chi connectivity index (χ4v) is 3.21. The highest BCUT2D eigenvalue weighted by Crippen LogP contribution is 2.29. The van der Waals surface area contributed by atoms with Gasteiger partial charge in [0.2, 0.25) is 0 Å². The first-order valence-electron chi connectivity index (χ1n) is 6.27. The van der Waals surface area contributed by atoms with Crippen LogP contribution in [0.3, 0.4) is 0 Å². The van der Waals surface area contributed by atoms with E-state index in [9.17, 15) is 0 Å². The van der Waals surface area contributed by atoms with Crippen molar-refractivity contribution >= 4 is 26.7 Å². The summed E-state index contributed by atoms with van der Waals surface area (Å²) in [6.07, 6.45) is 2.45. The molecule has 0 radical (unpaired) electrons. The molecule has 4 nitrogen and oxygen atoms in total. The molecular weight excluding hydrogens is 246 g/mol. The van der Waals surface area contributed by atoms with Crippen molar-refractivity contribution in [2.45, 2.75) is 18.9 Å². The van der Waals surface area contributed by atoms with Crippen molar-refractivity contribution in [3.05, 3.63) is 18.2 Å². The van der Waals surface area contributed by atoms with E-state index in [0.717, 1.165) is 29.5 Å². The summed E-state index contributed by atoms with van der Waals surface area (Å²) >= 11 is 1.69. The molecule has 2 N–H and O–H groups in total. The summed E-state index contributed by atoms with van der Waals surface area (Å²) < 4.78 is 6.40. The second-order valence-electron chi connectivity index (χ2n) is 4.54. The zero-order chi connectivity index (χ0) is 12.4. The van der Waals surface area contributed by atoms with E-state index in [-0.39, 0.29) is 0 Å². The Labute approximate surface area is 110 Å². The second-order valence-corrected chi connectivity index (χ2v) is 5.57. The van der Waals surface area contributed by atoms with Crippen LogP contribution in [-0.2, 0) is 0 Å². The van der Waals surface area contributed by atoms with Crippen LogP contribution in [0.1, 0.15) is 12.8 Å². The first-order chi connectivity index (χ1) is 8.85. The van der Waals surface area contributed by atoms with Gasteiger partial charge in [-0.1, -0.05) is 11.3 Å². The predicted octanol–water partition coefficient (Wildman–Crippen LogP) is 2.47. The van der Waals surface area contributed by atoms with E-state index in [1.807, 2.05) is 18.2 Å². The van der Waals surface area contributed by atoms with Crippen LogP contribution < -0.4 is 15.4 Å². The normalized spacial score (nSPS) is 19.9. The first kappa shape index (κ1) is 11.7. The van der Waals surface area contributed by atoms with Gasteiger partial charge in [-0.25, -0.2) is 4.98 Å². The number of aromatic nitrogens is 1. The fraction of sp³-hybridized carbons (Fsp3) is 0.462. The van der Waals surface area contributed by atoms with E-state index in [1.165, 1.54) is 17.5 Å². The molecule has 96 valence electrons. The summed E-state index contributed by atoms with van der Waals surface area (Å²) in [6, 6.07) is 6.50. The lowest BCUT2D eigenvalue weighted by molar-refractivity contribution is 0.415. The van der Waals surface area contributed by atoms with E-state index in [2.05, 4.69) is 15.6 Å². The Morgan fingerprint density at radius 1 is 1.50 bits per heavy atom. The van der Waals surface area contributed by atoms with Gasteiger partial charge in [0.1, 0.15) is 5.75 Å².